The first kappa shape index (κ1) is 16.8. The smallest absolute Gasteiger partial charge is 0.280 e. The third-order valence-electron chi connectivity index (χ3n) is 2.92. The van der Waals surface area contributed by atoms with Crippen LogP contribution in [0.25, 0.3) is 0 Å². The molecule has 114 valence electrons. The van der Waals surface area contributed by atoms with E-state index in [-0.39, 0.29) is 5.03 Å². The normalized spacial score (nSPS) is 11.8. The molecule has 0 aliphatic heterocycles. The Labute approximate surface area is 141 Å². The highest BCUT2D eigenvalue weighted by atomic mass is 79.9. The molecule has 0 saturated carbocycles. The molecule has 0 N–H and O–H groups in total. The zero-order valence-corrected chi connectivity index (χ0v) is 15.1. The van der Waals surface area contributed by atoms with Crippen LogP contribution >= 0.6 is 38.2 Å². The number of aryl methyl sites for hydroxylation is 1. The van der Waals surface area contributed by atoms with Crippen molar-refractivity contribution < 1.29 is 8.42 Å². The van der Waals surface area contributed by atoms with E-state index < -0.39 is 9.05 Å². The van der Waals surface area contributed by atoms with Gasteiger partial charge in [0.15, 0.2) is 5.03 Å². The molecule has 0 aliphatic rings. The Morgan fingerprint density at radius 1 is 1.38 bits per heavy atom. The van der Waals surface area contributed by atoms with Gasteiger partial charge in [-0.15, -0.1) is 0 Å². The molecule has 2 rings (SSSR count). The lowest BCUT2D eigenvalue weighted by Crippen LogP contribution is -2.04. The SMILES string of the molecule is CCCc1nc(S(=O)(=O)Cl)cn1Cc1ccc(Br)cc1Cl. The fraction of sp³-hybridized carbons (Fsp3) is 0.308. The van der Waals surface area contributed by atoms with Crippen LogP contribution in [0.2, 0.25) is 5.02 Å². The summed E-state index contributed by atoms with van der Waals surface area (Å²) in [5, 5.41) is 0.483. The molecule has 2 aromatic rings. The van der Waals surface area contributed by atoms with Gasteiger partial charge in [-0.05, 0) is 24.1 Å². The molecule has 0 spiro atoms. The molecule has 21 heavy (non-hydrogen) atoms. The molecule has 0 unspecified atom stereocenters. The van der Waals surface area contributed by atoms with Crippen LogP contribution in [0.4, 0.5) is 0 Å². The van der Waals surface area contributed by atoms with Crippen LogP contribution in [0.3, 0.4) is 0 Å². The summed E-state index contributed by atoms with van der Waals surface area (Å²) in [5.41, 5.74) is 0.883. The van der Waals surface area contributed by atoms with Gasteiger partial charge in [0, 0.05) is 32.8 Å². The zero-order valence-electron chi connectivity index (χ0n) is 11.2. The van der Waals surface area contributed by atoms with Crippen molar-refractivity contribution >= 4 is 47.3 Å². The van der Waals surface area contributed by atoms with Gasteiger partial charge >= 0.3 is 0 Å². The van der Waals surface area contributed by atoms with Crippen molar-refractivity contribution in [2.45, 2.75) is 31.3 Å². The molecule has 1 aromatic carbocycles. The maximum Gasteiger partial charge on any atom is 0.280 e. The molecule has 1 heterocycles. The second kappa shape index (κ2) is 6.69. The van der Waals surface area contributed by atoms with Crippen molar-refractivity contribution in [2.75, 3.05) is 0 Å². The van der Waals surface area contributed by atoms with E-state index in [4.69, 9.17) is 22.3 Å². The number of hydrogen-bond donors (Lipinski definition) is 0. The molecule has 0 saturated heterocycles. The molecule has 0 bridgehead atoms. The summed E-state index contributed by atoms with van der Waals surface area (Å²) >= 11 is 9.55. The van der Waals surface area contributed by atoms with Gasteiger partial charge in [0.25, 0.3) is 9.05 Å². The predicted octanol–water partition coefficient (Wildman–Crippen LogP) is 4.23. The minimum absolute atomic E-state index is 0.124. The monoisotopic (exact) mass is 410 g/mol. The Kier molecular flexibility index (Phi) is 5.35. The van der Waals surface area contributed by atoms with Crippen LogP contribution < -0.4 is 0 Å². The van der Waals surface area contributed by atoms with Gasteiger partial charge in [0.1, 0.15) is 5.82 Å². The molecule has 8 heteroatoms. The van der Waals surface area contributed by atoms with Crippen LogP contribution in [0.1, 0.15) is 24.7 Å². The summed E-state index contributed by atoms with van der Waals surface area (Å²) < 4.78 is 25.5. The molecule has 0 aliphatic carbocycles. The molecule has 0 radical (unpaired) electrons. The van der Waals surface area contributed by atoms with Gasteiger partial charge in [0.05, 0.1) is 6.54 Å². The molecule has 0 amide bonds. The van der Waals surface area contributed by atoms with E-state index in [1.165, 1.54) is 6.20 Å². The van der Waals surface area contributed by atoms with Gasteiger partial charge in [-0.25, -0.2) is 13.4 Å². The van der Waals surface area contributed by atoms with Crippen LogP contribution in [0, 0.1) is 0 Å². The second-order valence-electron chi connectivity index (χ2n) is 4.55. The Balaban J connectivity index is 2.40. The highest BCUT2D eigenvalue weighted by molar-refractivity contribution is 9.10. The molecular weight excluding hydrogens is 399 g/mol. The largest absolute Gasteiger partial charge is 0.329 e. The fourth-order valence-corrected chi connectivity index (χ4v) is 3.36. The summed E-state index contributed by atoms with van der Waals surface area (Å²) in [5.74, 6) is 0.677. The molecule has 4 nitrogen and oxygen atoms in total. The van der Waals surface area contributed by atoms with Gasteiger partial charge in [-0.3, -0.25) is 0 Å². The summed E-state index contributed by atoms with van der Waals surface area (Å²) in [6.07, 6.45) is 2.97. The van der Waals surface area contributed by atoms with Crippen LogP contribution in [0.5, 0.6) is 0 Å². The minimum Gasteiger partial charge on any atom is -0.329 e. The summed E-state index contributed by atoms with van der Waals surface area (Å²) in [6.45, 7) is 2.45. The topological polar surface area (TPSA) is 52.0 Å². The Bertz CT molecular complexity index is 760. The van der Waals surface area contributed by atoms with E-state index in [0.717, 1.165) is 16.5 Å². The lowest BCUT2D eigenvalue weighted by molar-refractivity contribution is 0.606. The Morgan fingerprint density at radius 2 is 2.10 bits per heavy atom. The molecule has 1 aromatic heterocycles. The maximum absolute atomic E-state index is 11.4. The lowest BCUT2D eigenvalue weighted by Gasteiger charge is -2.09. The number of hydrogen-bond acceptors (Lipinski definition) is 3. The minimum atomic E-state index is -3.83. The van der Waals surface area contributed by atoms with E-state index in [0.29, 0.717) is 23.8 Å². The van der Waals surface area contributed by atoms with Crippen LogP contribution in [-0.4, -0.2) is 18.0 Å². The number of nitrogens with zero attached hydrogens (tertiary/aromatic N) is 2. The zero-order chi connectivity index (χ0) is 15.6. The van der Waals surface area contributed by atoms with Crippen molar-refractivity contribution in [1.82, 2.24) is 9.55 Å². The molecule has 0 atom stereocenters. The fourth-order valence-electron chi connectivity index (χ4n) is 1.94. The molecular formula is C13H13BrCl2N2O2S. The van der Waals surface area contributed by atoms with E-state index in [1.54, 1.807) is 10.6 Å². The van der Waals surface area contributed by atoms with Crippen molar-refractivity contribution in [3.05, 3.63) is 45.3 Å². The van der Waals surface area contributed by atoms with Crippen molar-refractivity contribution in [1.29, 1.82) is 0 Å². The predicted molar refractivity (Wildman–Crippen MR) is 87.5 cm³/mol. The van der Waals surface area contributed by atoms with Crippen molar-refractivity contribution in [3.63, 3.8) is 0 Å². The maximum atomic E-state index is 11.4. The van der Waals surface area contributed by atoms with Gasteiger partial charge < -0.3 is 4.57 Å². The van der Waals surface area contributed by atoms with Crippen LogP contribution in [-0.2, 0) is 22.0 Å². The van der Waals surface area contributed by atoms with E-state index in [1.807, 2.05) is 19.1 Å². The average molecular weight is 412 g/mol. The third-order valence-corrected chi connectivity index (χ3v) is 4.93. The number of rotatable bonds is 5. The summed E-state index contributed by atoms with van der Waals surface area (Å²) in [7, 11) is 1.53. The van der Waals surface area contributed by atoms with E-state index >= 15 is 0 Å². The highest BCUT2D eigenvalue weighted by Crippen LogP contribution is 2.24. The van der Waals surface area contributed by atoms with Gasteiger partial charge in [0.2, 0.25) is 0 Å². The number of benzene rings is 1. The molecule has 0 fully saturated rings. The Hall–Kier alpha value is -0.560. The van der Waals surface area contributed by atoms with E-state index in [9.17, 15) is 8.42 Å². The van der Waals surface area contributed by atoms with Crippen molar-refractivity contribution in [3.8, 4) is 0 Å². The van der Waals surface area contributed by atoms with Crippen LogP contribution in [0.15, 0.2) is 33.9 Å². The number of aromatic nitrogens is 2. The highest BCUT2D eigenvalue weighted by Gasteiger charge is 2.18. The van der Waals surface area contributed by atoms with Gasteiger partial charge in [-0.1, -0.05) is 40.5 Å². The van der Waals surface area contributed by atoms with E-state index in [2.05, 4.69) is 20.9 Å². The standard InChI is InChI=1S/C13H13BrCl2N2O2S/c1-2-3-12-17-13(21(16,19)20)8-18(12)7-9-4-5-10(14)6-11(9)15/h4-6,8H,2-3,7H2,1H3. The van der Waals surface area contributed by atoms with Gasteiger partial charge in [-0.2, -0.15) is 0 Å². The second-order valence-corrected chi connectivity index (χ2v) is 8.38. The first-order valence-electron chi connectivity index (χ1n) is 6.26. The first-order chi connectivity index (χ1) is 9.81. The average Bonchev–Trinajstić information content (AvgIpc) is 2.76. The number of halogens is 3. The van der Waals surface area contributed by atoms with Crippen molar-refractivity contribution in [2.24, 2.45) is 0 Å². The lowest BCUT2D eigenvalue weighted by atomic mass is 10.2. The summed E-state index contributed by atoms with van der Waals surface area (Å²) in [6, 6.07) is 5.57. The number of imidazole rings is 1. The quantitative estimate of drug-likeness (QED) is 0.691. The Morgan fingerprint density at radius 3 is 2.67 bits per heavy atom. The third kappa shape index (κ3) is 4.22. The summed E-state index contributed by atoms with van der Waals surface area (Å²) in [4.78, 5) is 4.11. The first-order valence-corrected chi connectivity index (χ1v) is 9.74.